The number of thiocarbonyl (C=S) groups is 1. The Morgan fingerprint density at radius 2 is 1.87 bits per heavy atom. The van der Waals surface area contributed by atoms with Gasteiger partial charge in [0.25, 0.3) is 0 Å². The van der Waals surface area contributed by atoms with Crippen molar-refractivity contribution in [3.05, 3.63) is 0 Å². The average Bonchev–Trinajstić information content (AvgIpc) is 2.09. The molecule has 1 unspecified atom stereocenters. The average molecular weight is 230 g/mol. The first-order valence-corrected chi connectivity index (χ1v) is 6.14. The van der Waals surface area contributed by atoms with Crippen LogP contribution < -0.4 is 5.73 Å². The molecule has 0 rings (SSSR count). The maximum atomic E-state index is 5.46. The number of nitrogens with zero attached hydrogens (tertiary/aromatic N) is 1. The third-order valence-electron chi connectivity index (χ3n) is 3.10. The van der Waals surface area contributed by atoms with E-state index < -0.39 is 0 Å². The summed E-state index contributed by atoms with van der Waals surface area (Å²) in [6, 6.07) is 0.599. The van der Waals surface area contributed by atoms with E-state index in [0.29, 0.717) is 16.4 Å². The SMILES string of the molecule is CC(N(C)CCCCC(N)=S)C(C)(C)C. The zero-order valence-electron chi connectivity index (χ0n) is 10.8. The summed E-state index contributed by atoms with van der Waals surface area (Å²) >= 11 is 4.85. The van der Waals surface area contributed by atoms with E-state index in [-0.39, 0.29) is 0 Å². The van der Waals surface area contributed by atoms with Crippen molar-refractivity contribution in [2.45, 2.75) is 53.0 Å². The van der Waals surface area contributed by atoms with E-state index in [1.807, 2.05) is 0 Å². The third kappa shape index (κ3) is 6.85. The van der Waals surface area contributed by atoms with Crippen LogP contribution in [0.2, 0.25) is 0 Å². The first kappa shape index (κ1) is 14.8. The second-order valence-electron chi connectivity index (χ2n) is 5.45. The number of unbranched alkanes of at least 4 members (excludes halogenated alkanes) is 1. The summed E-state index contributed by atoms with van der Waals surface area (Å²) in [5.74, 6) is 0. The highest BCUT2D eigenvalue weighted by molar-refractivity contribution is 7.80. The molecule has 0 radical (unpaired) electrons. The van der Waals surface area contributed by atoms with Crippen LogP contribution >= 0.6 is 12.2 Å². The molecule has 0 aromatic rings. The molecule has 0 aliphatic carbocycles. The van der Waals surface area contributed by atoms with Gasteiger partial charge in [0.05, 0.1) is 4.99 Å². The normalized spacial score (nSPS) is 14.3. The highest BCUT2D eigenvalue weighted by Gasteiger charge is 2.23. The first-order chi connectivity index (χ1) is 6.75. The Morgan fingerprint density at radius 1 is 1.33 bits per heavy atom. The molecule has 0 heterocycles. The summed E-state index contributed by atoms with van der Waals surface area (Å²) < 4.78 is 0. The summed E-state index contributed by atoms with van der Waals surface area (Å²) in [5.41, 5.74) is 5.80. The Kier molecular flexibility index (Phi) is 6.37. The monoisotopic (exact) mass is 230 g/mol. The van der Waals surface area contributed by atoms with Gasteiger partial charge in [-0.1, -0.05) is 33.0 Å². The maximum absolute atomic E-state index is 5.46. The molecule has 15 heavy (non-hydrogen) atoms. The summed E-state index contributed by atoms with van der Waals surface area (Å²) in [6.07, 6.45) is 3.16. The highest BCUT2D eigenvalue weighted by atomic mass is 32.1. The molecule has 0 fully saturated rings. The van der Waals surface area contributed by atoms with Gasteiger partial charge in [-0.15, -0.1) is 0 Å². The van der Waals surface area contributed by atoms with Crippen molar-refractivity contribution in [2.75, 3.05) is 13.6 Å². The van der Waals surface area contributed by atoms with E-state index in [9.17, 15) is 0 Å². The summed E-state index contributed by atoms with van der Waals surface area (Å²) in [6.45, 7) is 10.3. The second kappa shape index (κ2) is 6.44. The van der Waals surface area contributed by atoms with Gasteiger partial charge in [0, 0.05) is 6.04 Å². The van der Waals surface area contributed by atoms with Gasteiger partial charge in [-0.05, 0) is 45.2 Å². The molecule has 0 aliphatic heterocycles. The smallest absolute Gasteiger partial charge is 0.0727 e. The molecule has 0 aromatic carbocycles. The number of hydrogen-bond acceptors (Lipinski definition) is 2. The molecule has 0 bridgehead atoms. The lowest BCUT2D eigenvalue weighted by Crippen LogP contribution is -2.39. The van der Waals surface area contributed by atoms with Crippen LogP contribution in [0.4, 0.5) is 0 Å². The molecule has 0 spiro atoms. The van der Waals surface area contributed by atoms with Gasteiger partial charge < -0.3 is 10.6 Å². The van der Waals surface area contributed by atoms with Gasteiger partial charge in [-0.2, -0.15) is 0 Å². The standard InChI is InChI=1S/C12H26N2S/c1-10(12(2,3)4)14(5)9-7-6-8-11(13)15/h10H,6-9H2,1-5H3,(H2,13,15). The fourth-order valence-corrected chi connectivity index (χ4v) is 1.66. The summed E-state index contributed by atoms with van der Waals surface area (Å²) in [4.78, 5) is 3.06. The van der Waals surface area contributed by atoms with Gasteiger partial charge >= 0.3 is 0 Å². The molecule has 3 heteroatoms. The summed E-state index contributed by atoms with van der Waals surface area (Å²) in [5, 5.41) is 0. The van der Waals surface area contributed by atoms with Crippen LogP contribution in [0.3, 0.4) is 0 Å². The number of nitrogens with two attached hydrogens (primary N) is 1. The lowest BCUT2D eigenvalue weighted by atomic mass is 9.87. The van der Waals surface area contributed by atoms with E-state index in [2.05, 4.69) is 39.6 Å². The van der Waals surface area contributed by atoms with Crippen molar-refractivity contribution in [1.29, 1.82) is 0 Å². The minimum absolute atomic E-state index is 0.345. The van der Waals surface area contributed by atoms with Crippen LogP contribution in [-0.4, -0.2) is 29.5 Å². The van der Waals surface area contributed by atoms with E-state index in [1.54, 1.807) is 0 Å². The van der Waals surface area contributed by atoms with Crippen LogP contribution in [0.1, 0.15) is 47.0 Å². The molecule has 0 saturated carbocycles. The number of rotatable bonds is 6. The Bertz CT molecular complexity index is 196. The van der Waals surface area contributed by atoms with Crippen LogP contribution in [0.15, 0.2) is 0 Å². The fraction of sp³-hybridized carbons (Fsp3) is 0.917. The molecular weight excluding hydrogens is 204 g/mol. The molecule has 0 aliphatic rings. The molecule has 0 saturated heterocycles. The van der Waals surface area contributed by atoms with Crippen LogP contribution in [-0.2, 0) is 0 Å². The van der Waals surface area contributed by atoms with Crippen molar-refractivity contribution >= 4 is 17.2 Å². The van der Waals surface area contributed by atoms with Crippen LogP contribution in [0.25, 0.3) is 0 Å². The number of hydrogen-bond donors (Lipinski definition) is 1. The third-order valence-corrected chi connectivity index (χ3v) is 3.30. The van der Waals surface area contributed by atoms with Crippen molar-refractivity contribution in [3.63, 3.8) is 0 Å². The quantitative estimate of drug-likeness (QED) is 0.562. The first-order valence-electron chi connectivity index (χ1n) is 5.73. The predicted octanol–water partition coefficient (Wildman–Crippen LogP) is 2.81. The van der Waals surface area contributed by atoms with Crippen molar-refractivity contribution in [3.8, 4) is 0 Å². The second-order valence-corrected chi connectivity index (χ2v) is 5.97. The van der Waals surface area contributed by atoms with Crippen molar-refractivity contribution in [1.82, 2.24) is 4.90 Å². The van der Waals surface area contributed by atoms with Gasteiger partial charge in [0.15, 0.2) is 0 Å². The van der Waals surface area contributed by atoms with Gasteiger partial charge in [0.2, 0.25) is 0 Å². The Hall–Kier alpha value is -0.150. The molecule has 0 aromatic heterocycles. The van der Waals surface area contributed by atoms with Crippen LogP contribution in [0, 0.1) is 5.41 Å². The van der Waals surface area contributed by atoms with E-state index in [0.717, 1.165) is 19.4 Å². The Labute approximate surface area is 100 Å². The fourth-order valence-electron chi connectivity index (χ4n) is 1.52. The lowest BCUT2D eigenvalue weighted by molar-refractivity contribution is 0.139. The molecule has 2 N–H and O–H groups in total. The molecule has 0 amide bonds. The molecule has 90 valence electrons. The van der Waals surface area contributed by atoms with E-state index in [4.69, 9.17) is 18.0 Å². The Balaban J connectivity index is 3.74. The van der Waals surface area contributed by atoms with Crippen molar-refractivity contribution in [2.24, 2.45) is 11.1 Å². The topological polar surface area (TPSA) is 29.3 Å². The minimum Gasteiger partial charge on any atom is -0.393 e. The molecule has 1 atom stereocenters. The molecule has 2 nitrogen and oxygen atoms in total. The van der Waals surface area contributed by atoms with E-state index in [1.165, 1.54) is 6.42 Å². The lowest BCUT2D eigenvalue weighted by Gasteiger charge is -2.35. The largest absolute Gasteiger partial charge is 0.393 e. The van der Waals surface area contributed by atoms with E-state index >= 15 is 0 Å². The van der Waals surface area contributed by atoms with Gasteiger partial charge in [0.1, 0.15) is 0 Å². The van der Waals surface area contributed by atoms with Crippen LogP contribution in [0.5, 0.6) is 0 Å². The van der Waals surface area contributed by atoms with Gasteiger partial charge in [-0.3, -0.25) is 0 Å². The highest BCUT2D eigenvalue weighted by Crippen LogP contribution is 2.23. The predicted molar refractivity (Wildman–Crippen MR) is 72.2 cm³/mol. The maximum Gasteiger partial charge on any atom is 0.0727 e. The summed E-state index contributed by atoms with van der Waals surface area (Å²) in [7, 11) is 2.19. The minimum atomic E-state index is 0.345. The zero-order chi connectivity index (χ0) is 12.1. The van der Waals surface area contributed by atoms with Crippen molar-refractivity contribution < 1.29 is 0 Å². The molecular formula is C12H26N2S. The zero-order valence-corrected chi connectivity index (χ0v) is 11.7. The Morgan fingerprint density at radius 3 is 2.27 bits per heavy atom. The van der Waals surface area contributed by atoms with Gasteiger partial charge in [-0.25, -0.2) is 0 Å².